The third kappa shape index (κ3) is 4.87. The second-order valence-corrected chi connectivity index (χ2v) is 5.42. The highest BCUT2D eigenvalue weighted by Gasteiger charge is 2.25. The standard InChI is InChI=1S/C17H24N2O2/c1-3-17(4-2,13-20)12-19-16(21)11-15-8-6-5-7-14(15)9-10-18/h5-8,20H,3-4,9,11-13H2,1-2H3,(H,19,21). The molecule has 1 aromatic carbocycles. The molecule has 2 N–H and O–H groups in total. The number of amides is 1. The topological polar surface area (TPSA) is 73.1 Å². The van der Waals surface area contributed by atoms with Crippen LogP contribution in [0.1, 0.15) is 37.8 Å². The molecule has 0 unspecified atom stereocenters. The molecule has 0 saturated heterocycles. The molecule has 0 bridgehead atoms. The van der Waals surface area contributed by atoms with Crippen molar-refractivity contribution in [1.82, 2.24) is 5.32 Å². The monoisotopic (exact) mass is 288 g/mol. The minimum absolute atomic E-state index is 0.0693. The zero-order chi connectivity index (χ0) is 15.7. The summed E-state index contributed by atoms with van der Waals surface area (Å²) in [7, 11) is 0. The fourth-order valence-corrected chi connectivity index (χ4v) is 2.29. The van der Waals surface area contributed by atoms with Gasteiger partial charge in [-0.25, -0.2) is 0 Å². The summed E-state index contributed by atoms with van der Waals surface area (Å²) < 4.78 is 0. The van der Waals surface area contributed by atoms with E-state index in [9.17, 15) is 9.90 Å². The molecule has 21 heavy (non-hydrogen) atoms. The maximum atomic E-state index is 12.1. The molecule has 0 aliphatic heterocycles. The zero-order valence-electron chi connectivity index (χ0n) is 12.9. The van der Waals surface area contributed by atoms with Gasteiger partial charge in [0.05, 0.1) is 25.5 Å². The van der Waals surface area contributed by atoms with E-state index in [1.807, 2.05) is 38.1 Å². The van der Waals surface area contributed by atoms with Crippen LogP contribution in [0.25, 0.3) is 0 Å². The van der Waals surface area contributed by atoms with Crippen LogP contribution in [0.2, 0.25) is 0 Å². The molecule has 0 aliphatic carbocycles. The predicted octanol–water partition coefficient (Wildman–Crippen LogP) is 2.21. The number of nitrogens with zero attached hydrogens (tertiary/aromatic N) is 1. The van der Waals surface area contributed by atoms with E-state index in [0.29, 0.717) is 13.0 Å². The van der Waals surface area contributed by atoms with Gasteiger partial charge in [-0.1, -0.05) is 38.1 Å². The van der Waals surface area contributed by atoms with Crippen LogP contribution in [0, 0.1) is 16.7 Å². The van der Waals surface area contributed by atoms with Gasteiger partial charge in [-0.2, -0.15) is 5.26 Å². The van der Waals surface area contributed by atoms with Crippen LogP contribution >= 0.6 is 0 Å². The second kappa shape index (κ2) is 8.43. The molecular weight excluding hydrogens is 264 g/mol. The Balaban J connectivity index is 2.64. The Labute approximate surface area is 126 Å². The lowest BCUT2D eigenvalue weighted by Crippen LogP contribution is -2.40. The number of hydrogen-bond donors (Lipinski definition) is 2. The van der Waals surface area contributed by atoms with Gasteiger partial charge >= 0.3 is 0 Å². The molecule has 0 spiro atoms. The van der Waals surface area contributed by atoms with Gasteiger partial charge in [0.2, 0.25) is 5.91 Å². The number of carbonyl (C=O) groups is 1. The van der Waals surface area contributed by atoms with E-state index in [-0.39, 0.29) is 24.3 Å². The van der Waals surface area contributed by atoms with E-state index < -0.39 is 0 Å². The predicted molar refractivity (Wildman–Crippen MR) is 82.6 cm³/mol. The van der Waals surface area contributed by atoms with Crippen LogP contribution in [-0.4, -0.2) is 24.2 Å². The summed E-state index contributed by atoms with van der Waals surface area (Å²) in [6.07, 6.45) is 2.23. The van der Waals surface area contributed by atoms with Gasteiger partial charge < -0.3 is 10.4 Å². The molecule has 0 aliphatic rings. The van der Waals surface area contributed by atoms with Crippen LogP contribution in [0.15, 0.2) is 24.3 Å². The van der Waals surface area contributed by atoms with E-state index >= 15 is 0 Å². The number of benzene rings is 1. The van der Waals surface area contributed by atoms with Crippen LogP contribution in [0.5, 0.6) is 0 Å². The summed E-state index contributed by atoms with van der Waals surface area (Å²) >= 11 is 0. The summed E-state index contributed by atoms with van der Waals surface area (Å²) in [5.74, 6) is -0.0693. The number of nitrogens with one attached hydrogen (secondary N) is 1. The normalized spacial score (nSPS) is 11.0. The number of carbonyl (C=O) groups excluding carboxylic acids is 1. The molecule has 0 atom stereocenters. The zero-order valence-corrected chi connectivity index (χ0v) is 12.9. The second-order valence-electron chi connectivity index (χ2n) is 5.42. The highest BCUT2D eigenvalue weighted by Crippen LogP contribution is 2.24. The lowest BCUT2D eigenvalue weighted by Gasteiger charge is -2.29. The van der Waals surface area contributed by atoms with Crippen molar-refractivity contribution in [2.45, 2.75) is 39.5 Å². The van der Waals surface area contributed by atoms with E-state index in [1.54, 1.807) is 0 Å². The van der Waals surface area contributed by atoms with Crippen molar-refractivity contribution in [2.24, 2.45) is 5.41 Å². The highest BCUT2D eigenvalue weighted by molar-refractivity contribution is 5.79. The van der Waals surface area contributed by atoms with Crippen molar-refractivity contribution in [3.63, 3.8) is 0 Å². The Morgan fingerprint density at radius 2 is 1.90 bits per heavy atom. The molecule has 1 aromatic rings. The minimum Gasteiger partial charge on any atom is -0.396 e. The number of aliphatic hydroxyl groups is 1. The largest absolute Gasteiger partial charge is 0.396 e. The van der Waals surface area contributed by atoms with Gasteiger partial charge in [0.15, 0.2) is 0 Å². The molecule has 114 valence electrons. The first-order chi connectivity index (χ1) is 10.1. The first-order valence-corrected chi connectivity index (χ1v) is 7.42. The third-order valence-corrected chi connectivity index (χ3v) is 4.23. The van der Waals surface area contributed by atoms with Crippen LogP contribution in [0.4, 0.5) is 0 Å². The fourth-order valence-electron chi connectivity index (χ4n) is 2.29. The molecule has 4 heteroatoms. The SMILES string of the molecule is CCC(CC)(CO)CNC(=O)Cc1ccccc1CC#N. The van der Waals surface area contributed by atoms with Gasteiger partial charge in [-0.3, -0.25) is 4.79 Å². The van der Waals surface area contributed by atoms with Crippen LogP contribution < -0.4 is 5.32 Å². The Morgan fingerprint density at radius 3 is 2.43 bits per heavy atom. The summed E-state index contributed by atoms with van der Waals surface area (Å²) in [5, 5.41) is 21.2. The molecule has 4 nitrogen and oxygen atoms in total. The van der Waals surface area contributed by atoms with Crippen molar-refractivity contribution in [2.75, 3.05) is 13.2 Å². The first-order valence-electron chi connectivity index (χ1n) is 7.42. The van der Waals surface area contributed by atoms with E-state index in [1.165, 1.54) is 0 Å². The van der Waals surface area contributed by atoms with Gasteiger partial charge in [0.1, 0.15) is 0 Å². The molecular formula is C17H24N2O2. The average molecular weight is 288 g/mol. The summed E-state index contributed by atoms with van der Waals surface area (Å²) in [4.78, 5) is 12.1. The van der Waals surface area contributed by atoms with Gasteiger partial charge in [0.25, 0.3) is 0 Å². The molecule has 1 rings (SSSR count). The van der Waals surface area contributed by atoms with Gasteiger partial charge in [0, 0.05) is 12.0 Å². The van der Waals surface area contributed by atoms with Gasteiger partial charge in [-0.15, -0.1) is 0 Å². The quantitative estimate of drug-likeness (QED) is 0.770. The lowest BCUT2D eigenvalue weighted by molar-refractivity contribution is -0.121. The van der Waals surface area contributed by atoms with Crippen molar-refractivity contribution >= 4 is 5.91 Å². The van der Waals surface area contributed by atoms with Crippen molar-refractivity contribution in [3.05, 3.63) is 35.4 Å². The number of hydrogen-bond acceptors (Lipinski definition) is 3. The molecule has 0 heterocycles. The molecule has 0 fully saturated rings. The highest BCUT2D eigenvalue weighted by atomic mass is 16.3. The Hall–Kier alpha value is -1.86. The third-order valence-electron chi connectivity index (χ3n) is 4.23. The number of aliphatic hydroxyl groups excluding tert-OH is 1. The van der Waals surface area contributed by atoms with E-state index in [2.05, 4.69) is 11.4 Å². The maximum Gasteiger partial charge on any atom is 0.224 e. The molecule has 0 saturated carbocycles. The Bertz CT molecular complexity index is 493. The minimum atomic E-state index is -0.234. The number of rotatable bonds is 8. The summed E-state index contributed by atoms with van der Waals surface area (Å²) in [5.41, 5.74) is 1.55. The van der Waals surface area contributed by atoms with Crippen LogP contribution in [0.3, 0.4) is 0 Å². The van der Waals surface area contributed by atoms with Gasteiger partial charge in [-0.05, 0) is 24.0 Å². The maximum absolute atomic E-state index is 12.1. The van der Waals surface area contributed by atoms with Crippen molar-refractivity contribution in [1.29, 1.82) is 5.26 Å². The Morgan fingerprint density at radius 1 is 1.29 bits per heavy atom. The lowest BCUT2D eigenvalue weighted by atomic mass is 9.83. The van der Waals surface area contributed by atoms with Crippen LogP contribution in [-0.2, 0) is 17.6 Å². The van der Waals surface area contributed by atoms with E-state index in [0.717, 1.165) is 24.0 Å². The summed E-state index contributed by atoms with van der Waals surface area (Å²) in [6.45, 7) is 4.60. The van der Waals surface area contributed by atoms with Crippen molar-refractivity contribution < 1.29 is 9.90 Å². The first kappa shape index (κ1) is 17.2. The van der Waals surface area contributed by atoms with E-state index in [4.69, 9.17) is 5.26 Å². The average Bonchev–Trinajstić information content (AvgIpc) is 2.51. The molecule has 0 radical (unpaired) electrons. The Kier molecular flexibility index (Phi) is 6.90. The fraction of sp³-hybridized carbons (Fsp3) is 0.529. The summed E-state index contributed by atoms with van der Waals surface area (Å²) in [6, 6.07) is 9.62. The molecule has 1 amide bonds. The van der Waals surface area contributed by atoms with Crippen molar-refractivity contribution in [3.8, 4) is 6.07 Å². The molecule has 0 aromatic heterocycles. The number of nitriles is 1. The smallest absolute Gasteiger partial charge is 0.224 e.